The van der Waals surface area contributed by atoms with Crippen molar-refractivity contribution in [1.82, 2.24) is 24.0 Å². The zero-order chi connectivity index (χ0) is 25.7. The Morgan fingerprint density at radius 1 is 1.11 bits per heavy atom. The second-order valence-corrected chi connectivity index (χ2v) is 10.6. The van der Waals surface area contributed by atoms with Gasteiger partial charge in [0.05, 0.1) is 41.4 Å². The number of aliphatic hydroxyl groups excluding tert-OH is 1. The van der Waals surface area contributed by atoms with Gasteiger partial charge in [-0.1, -0.05) is 19.1 Å². The third-order valence-electron chi connectivity index (χ3n) is 7.58. The summed E-state index contributed by atoms with van der Waals surface area (Å²) in [6, 6.07) is 16.3. The number of aromatic nitrogens is 4. The molecule has 1 saturated heterocycles. The minimum atomic E-state index is -0.309. The maximum atomic E-state index is 10.8. The molecule has 5 heterocycles. The second-order valence-electron chi connectivity index (χ2n) is 10.6. The topological polar surface area (TPSA) is 86.1 Å². The lowest BCUT2D eigenvalue weighted by atomic mass is 9.86. The lowest BCUT2D eigenvalue weighted by molar-refractivity contribution is 0.0334. The van der Waals surface area contributed by atoms with Crippen molar-refractivity contribution >= 4 is 5.82 Å². The first-order valence-corrected chi connectivity index (χ1v) is 12.7. The van der Waals surface area contributed by atoms with Crippen molar-refractivity contribution in [3.63, 3.8) is 0 Å². The highest BCUT2D eigenvalue weighted by atomic mass is 16.3. The van der Waals surface area contributed by atoms with Gasteiger partial charge in [-0.05, 0) is 55.9 Å². The molecule has 8 heteroatoms. The largest absolute Gasteiger partial charge is 0.392 e. The highest BCUT2D eigenvalue weighted by Crippen LogP contribution is 2.35. The van der Waals surface area contributed by atoms with Gasteiger partial charge in [0, 0.05) is 49.7 Å². The fraction of sp³-hybridized carbons (Fsp3) is 0.345. The van der Waals surface area contributed by atoms with Crippen molar-refractivity contribution in [3.8, 4) is 34.4 Å². The number of aliphatic hydroxyl groups is 1. The standard InChI is InChI=1S/C29H31N7O/c1-19-14-35(17-23(28(19)37)15-33(2)3)27-9-8-25-24(32-27)18-34-16-22(21-6-4-20(13-30)5-7-21)12-26(34)29-31-10-11-36(25)29/h4-12,16,19,23,28,37H,14-15,17-18H2,1-3H3/t19?,23?,28-/m0/s1. The third-order valence-corrected chi connectivity index (χ3v) is 7.58. The molecule has 0 bridgehead atoms. The number of piperidine rings is 1. The normalized spacial score (nSPS) is 20.6. The molecule has 4 aromatic rings. The average Bonchev–Trinajstić information content (AvgIpc) is 3.51. The van der Waals surface area contributed by atoms with Crippen molar-refractivity contribution in [3.05, 3.63) is 72.3 Å². The summed E-state index contributed by atoms with van der Waals surface area (Å²) in [7, 11) is 4.11. The van der Waals surface area contributed by atoms with Gasteiger partial charge in [-0.15, -0.1) is 0 Å². The van der Waals surface area contributed by atoms with Crippen LogP contribution in [0.4, 0.5) is 5.82 Å². The molecular weight excluding hydrogens is 462 g/mol. The van der Waals surface area contributed by atoms with Crippen LogP contribution in [0.3, 0.4) is 0 Å². The Kier molecular flexibility index (Phi) is 5.82. The van der Waals surface area contributed by atoms with Gasteiger partial charge in [-0.25, -0.2) is 9.97 Å². The molecule has 0 spiro atoms. The van der Waals surface area contributed by atoms with E-state index in [9.17, 15) is 5.11 Å². The van der Waals surface area contributed by atoms with Crippen molar-refractivity contribution in [1.29, 1.82) is 5.26 Å². The Labute approximate surface area is 217 Å². The fourth-order valence-corrected chi connectivity index (χ4v) is 5.77. The lowest BCUT2D eigenvalue weighted by Gasteiger charge is -2.42. The summed E-state index contributed by atoms with van der Waals surface area (Å²) in [5, 5.41) is 19.9. The van der Waals surface area contributed by atoms with Crippen LogP contribution in [0.5, 0.6) is 0 Å². The Hall–Kier alpha value is -3.93. The van der Waals surface area contributed by atoms with E-state index < -0.39 is 0 Å². The van der Waals surface area contributed by atoms with E-state index in [-0.39, 0.29) is 17.9 Å². The quantitative estimate of drug-likeness (QED) is 0.412. The van der Waals surface area contributed by atoms with Gasteiger partial charge in [0.25, 0.3) is 0 Å². The van der Waals surface area contributed by atoms with E-state index in [1.807, 2.05) is 36.7 Å². The maximum Gasteiger partial charge on any atom is 0.161 e. The van der Waals surface area contributed by atoms with Gasteiger partial charge in [0.1, 0.15) is 5.82 Å². The maximum absolute atomic E-state index is 10.8. The molecule has 188 valence electrons. The lowest BCUT2D eigenvalue weighted by Crippen LogP contribution is -2.51. The average molecular weight is 494 g/mol. The Morgan fingerprint density at radius 2 is 1.92 bits per heavy atom. The summed E-state index contributed by atoms with van der Waals surface area (Å²) in [6.45, 7) is 5.16. The number of nitriles is 1. The van der Waals surface area contributed by atoms with Crippen LogP contribution in [-0.2, 0) is 6.54 Å². The first-order chi connectivity index (χ1) is 17.9. The number of imidazole rings is 1. The van der Waals surface area contributed by atoms with E-state index in [1.165, 1.54) is 0 Å². The summed E-state index contributed by atoms with van der Waals surface area (Å²) < 4.78 is 4.33. The van der Waals surface area contributed by atoms with Crippen LogP contribution in [0.15, 0.2) is 61.1 Å². The zero-order valence-electron chi connectivity index (χ0n) is 21.4. The first kappa shape index (κ1) is 23.5. The van der Waals surface area contributed by atoms with Crippen LogP contribution >= 0.6 is 0 Å². The van der Waals surface area contributed by atoms with Gasteiger partial charge in [0.15, 0.2) is 5.82 Å². The van der Waals surface area contributed by atoms with E-state index in [0.717, 1.165) is 59.5 Å². The van der Waals surface area contributed by atoms with Gasteiger partial charge in [-0.2, -0.15) is 5.26 Å². The van der Waals surface area contributed by atoms with E-state index in [2.05, 4.69) is 75.4 Å². The molecule has 8 nitrogen and oxygen atoms in total. The molecule has 2 aliphatic heterocycles. The Morgan fingerprint density at radius 3 is 2.68 bits per heavy atom. The minimum Gasteiger partial charge on any atom is -0.392 e. The molecular formula is C29H31N7O. The summed E-state index contributed by atoms with van der Waals surface area (Å²) in [6.07, 6.45) is 5.66. The van der Waals surface area contributed by atoms with Gasteiger partial charge < -0.3 is 19.5 Å². The summed E-state index contributed by atoms with van der Waals surface area (Å²) in [5.74, 6) is 2.18. The molecule has 1 fully saturated rings. The molecule has 6 rings (SSSR count). The number of fused-ring (bicyclic) bond motifs is 5. The van der Waals surface area contributed by atoms with E-state index in [0.29, 0.717) is 12.1 Å². The predicted molar refractivity (Wildman–Crippen MR) is 143 cm³/mol. The number of hydrogen-bond acceptors (Lipinski definition) is 6. The van der Waals surface area contributed by atoms with Crippen molar-refractivity contribution < 1.29 is 5.11 Å². The van der Waals surface area contributed by atoms with Crippen LogP contribution in [-0.4, -0.2) is 68.9 Å². The van der Waals surface area contributed by atoms with Gasteiger partial charge in [0.2, 0.25) is 0 Å². The molecule has 1 N–H and O–H groups in total. The van der Waals surface area contributed by atoms with Crippen molar-refractivity contribution in [2.24, 2.45) is 11.8 Å². The molecule has 2 unspecified atom stereocenters. The fourth-order valence-electron chi connectivity index (χ4n) is 5.77. The number of anilines is 1. The van der Waals surface area contributed by atoms with Crippen molar-refractivity contribution in [2.75, 3.05) is 38.6 Å². The first-order valence-electron chi connectivity index (χ1n) is 12.7. The third kappa shape index (κ3) is 4.20. The summed E-state index contributed by atoms with van der Waals surface area (Å²) >= 11 is 0. The minimum absolute atomic E-state index is 0.172. The molecule has 0 saturated carbocycles. The molecule has 0 aliphatic carbocycles. The molecule has 0 amide bonds. The Bertz CT molecular complexity index is 1480. The number of pyridine rings is 1. The number of nitrogens with zero attached hydrogens (tertiary/aromatic N) is 7. The van der Waals surface area contributed by atoms with Crippen LogP contribution < -0.4 is 4.90 Å². The van der Waals surface area contributed by atoms with Gasteiger partial charge >= 0.3 is 0 Å². The van der Waals surface area contributed by atoms with Gasteiger partial charge in [-0.3, -0.25) is 4.57 Å². The summed E-state index contributed by atoms with van der Waals surface area (Å²) in [5.41, 5.74) is 5.85. The van der Waals surface area contributed by atoms with Crippen LogP contribution in [0.2, 0.25) is 0 Å². The smallest absolute Gasteiger partial charge is 0.161 e. The van der Waals surface area contributed by atoms with Crippen LogP contribution in [0, 0.1) is 23.2 Å². The van der Waals surface area contributed by atoms with E-state index in [1.54, 1.807) is 0 Å². The molecule has 3 aromatic heterocycles. The second kappa shape index (κ2) is 9.18. The molecule has 2 aliphatic rings. The van der Waals surface area contributed by atoms with Crippen LogP contribution in [0.1, 0.15) is 18.2 Å². The van der Waals surface area contributed by atoms with E-state index >= 15 is 0 Å². The number of rotatable bonds is 4. The van der Waals surface area contributed by atoms with Crippen molar-refractivity contribution in [2.45, 2.75) is 19.6 Å². The highest BCUT2D eigenvalue weighted by molar-refractivity contribution is 5.72. The molecule has 0 radical (unpaired) electrons. The predicted octanol–water partition coefficient (Wildman–Crippen LogP) is 3.63. The highest BCUT2D eigenvalue weighted by Gasteiger charge is 2.34. The summed E-state index contributed by atoms with van der Waals surface area (Å²) in [4.78, 5) is 14.3. The number of benzene rings is 1. The Balaban J connectivity index is 1.37. The zero-order valence-corrected chi connectivity index (χ0v) is 21.4. The monoisotopic (exact) mass is 493 g/mol. The number of hydrogen-bond donors (Lipinski definition) is 1. The molecule has 3 atom stereocenters. The SMILES string of the molecule is CC1CN(c2ccc3c(n2)Cn2cc(-c4ccc(C#N)cc4)cc2-c2nccn2-3)CC(CN(C)C)[C@H]1O. The van der Waals surface area contributed by atoms with E-state index in [4.69, 9.17) is 10.2 Å². The molecule has 37 heavy (non-hydrogen) atoms. The van der Waals surface area contributed by atoms with Crippen LogP contribution in [0.25, 0.3) is 28.3 Å². The molecule has 1 aromatic carbocycles.